The number of hydrogen-bond donors (Lipinski definition) is 2. The zero-order valence-corrected chi connectivity index (χ0v) is 14.1. The third kappa shape index (κ3) is 13.4. The zero-order valence-electron chi connectivity index (χ0n) is 14.1. The first-order valence-corrected chi connectivity index (χ1v) is 7.57. The van der Waals surface area contributed by atoms with Crippen molar-refractivity contribution in [2.24, 2.45) is 5.41 Å². The summed E-state index contributed by atoms with van der Waals surface area (Å²) in [5.74, 6) is 0.343. The molecule has 0 aromatic carbocycles. The highest BCUT2D eigenvalue weighted by molar-refractivity contribution is 5.78. The van der Waals surface area contributed by atoms with Crippen LogP contribution < -0.4 is 10.6 Å². The number of rotatable bonds is 7. The van der Waals surface area contributed by atoms with Crippen molar-refractivity contribution >= 4 is 11.8 Å². The molecule has 0 fully saturated rings. The van der Waals surface area contributed by atoms with Gasteiger partial charge in [0.05, 0.1) is 0 Å². The lowest BCUT2D eigenvalue weighted by Crippen LogP contribution is -2.46. The van der Waals surface area contributed by atoms with Gasteiger partial charge in [0, 0.05) is 24.9 Å². The predicted octanol–water partition coefficient (Wildman–Crippen LogP) is 3.65. The van der Waals surface area contributed by atoms with Gasteiger partial charge in [0.15, 0.2) is 0 Å². The third-order valence-electron chi connectivity index (χ3n) is 2.63. The fourth-order valence-electron chi connectivity index (χ4n) is 1.89. The van der Waals surface area contributed by atoms with Crippen molar-refractivity contribution < 1.29 is 9.59 Å². The Bertz CT molecular complexity index is 279. The van der Waals surface area contributed by atoms with Crippen LogP contribution in [0, 0.1) is 5.41 Å². The van der Waals surface area contributed by atoms with E-state index in [1.807, 2.05) is 20.8 Å². The van der Waals surface area contributed by atoms with Crippen LogP contribution in [0.4, 0.5) is 4.79 Å². The molecule has 0 aliphatic heterocycles. The predicted molar refractivity (Wildman–Crippen MR) is 83.8 cm³/mol. The van der Waals surface area contributed by atoms with Crippen molar-refractivity contribution in [1.29, 1.82) is 0 Å². The molecule has 0 spiro atoms. The zero-order chi connectivity index (χ0) is 15.8. The smallest absolute Gasteiger partial charge is 0.315 e. The molecule has 0 aromatic rings. The topological polar surface area (TPSA) is 58.2 Å². The number of unbranched alkanes of at least 4 members (excludes halogenated alkanes) is 2. The Kier molecular flexibility index (Phi) is 7.84. The van der Waals surface area contributed by atoms with Crippen molar-refractivity contribution in [2.75, 3.05) is 6.54 Å². The molecule has 0 unspecified atom stereocenters. The monoisotopic (exact) mass is 284 g/mol. The highest BCUT2D eigenvalue weighted by atomic mass is 16.2. The highest BCUT2D eigenvalue weighted by Gasteiger charge is 2.15. The van der Waals surface area contributed by atoms with Crippen molar-refractivity contribution in [3.63, 3.8) is 0 Å². The second-order valence-electron chi connectivity index (χ2n) is 7.72. The summed E-state index contributed by atoms with van der Waals surface area (Å²) in [5, 5.41) is 5.68. The second-order valence-corrected chi connectivity index (χ2v) is 7.72. The van der Waals surface area contributed by atoms with Gasteiger partial charge in [-0.1, -0.05) is 27.2 Å². The molecular weight excluding hydrogens is 252 g/mol. The first-order valence-electron chi connectivity index (χ1n) is 7.57. The largest absolute Gasteiger partial charge is 0.338 e. The average molecular weight is 284 g/mol. The molecule has 0 saturated carbocycles. The minimum atomic E-state index is -0.205. The Labute approximate surface area is 124 Å². The highest BCUT2D eigenvalue weighted by Crippen LogP contribution is 2.20. The number of ketones is 1. The summed E-state index contributed by atoms with van der Waals surface area (Å²) in [6, 6.07) is -0.124. The first kappa shape index (κ1) is 18.9. The molecule has 0 aliphatic rings. The molecule has 2 amide bonds. The number of amides is 2. The first-order chi connectivity index (χ1) is 8.99. The van der Waals surface area contributed by atoms with Crippen LogP contribution in [0.5, 0.6) is 0 Å². The molecule has 4 nitrogen and oxygen atoms in total. The molecule has 0 radical (unpaired) electrons. The van der Waals surface area contributed by atoms with Crippen molar-refractivity contribution in [3.8, 4) is 0 Å². The van der Waals surface area contributed by atoms with E-state index in [0.29, 0.717) is 25.2 Å². The van der Waals surface area contributed by atoms with Crippen LogP contribution >= 0.6 is 0 Å². The number of hydrogen-bond acceptors (Lipinski definition) is 2. The standard InChI is InChI=1S/C16H32N2O2/c1-15(2,3)12-13(19)10-8-7-9-11-17-14(20)18-16(4,5)6/h7-12H2,1-6H3,(H2,17,18,20). The summed E-state index contributed by atoms with van der Waals surface area (Å²) in [6.07, 6.45) is 4.12. The van der Waals surface area contributed by atoms with Gasteiger partial charge in [-0.05, 0) is 39.0 Å². The van der Waals surface area contributed by atoms with E-state index in [4.69, 9.17) is 0 Å². The van der Waals surface area contributed by atoms with E-state index in [-0.39, 0.29) is 17.0 Å². The lowest BCUT2D eigenvalue weighted by Gasteiger charge is -2.20. The molecule has 0 saturated heterocycles. The van der Waals surface area contributed by atoms with E-state index in [1.165, 1.54) is 0 Å². The second kappa shape index (κ2) is 8.28. The summed E-state index contributed by atoms with van der Waals surface area (Å²) >= 11 is 0. The Balaban J connectivity index is 3.54. The van der Waals surface area contributed by atoms with Gasteiger partial charge in [0.2, 0.25) is 0 Å². The summed E-state index contributed by atoms with van der Waals surface area (Å²) < 4.78 is 0. The van der Waals surface area contributed by atoms with Crippen LogP contribution in [0.25, 0.3) is 0 Å². The van der Waals surface area contributed by atoms with Gasteiger partial charge in [-0.15, -0.1) is 0 Å². The van der Waals surface area contributed by atoms with E-state index >= 15 is 0 Å². The summed E-state index contributed by atoms with van der Waals surface area (Å²) in [6.45, 7) is 12.8. The summed E-state index contributed by atoms with van der Waals surface area (Å²) in [7, 11) is 0. The Hall–Kier alpha value is -1.06. The Morgan fingerprint density at radius 2 is 1.50 bits per heavy atom. The Morgan fingerprint density at radius 1 is 0.900 bits per heavy atom. The number of urea groups is 1. The minimum absolute atomic E-state index is 0.0870. The lowest BCUT2D eigenvalue weighted by atomic mass is 9.88. The molecule has 4 heteroatoms. The molecule has 118 valence electrons. The summed E-state index contributed by atoms with van der Waals surface area (Å²) in [4.78, 5) is 23.2. The SMILES string of the molecule is CC(C)(C)CC(=O)CCCCCNC(=O)NC(C)(C)C. The maximum atomic E-state index is 11.7. The van der Waals surface area contributed by atoms with Crippen LogP contribution in [0.15, 0.2) is 0 Å². The van der Waals surface area contributed by atoms with Gasteiger partial charge >= 0.3 is 6.03 Å². The van der Waals surface area contributed by atoms with Crippen LogP contribution in [-0.2, 0) is 4.79 Å². The van der Waals surface area contributed by atoms with E-state index in [2.05, 4.69) is 31.4 Å². The van der Waals surface area contributed by atoms with Gasteiger partial charge in [-0.3, -0.25) is 4.79 Å². The van der Waals surface area contributed by atoms with Crippen LogP contribution in [-0.4, -0.2) is 23.9 Å². The lowest BCUT2D eigenvalue weighted by molar-refractivity contribution is -0.120. The van der Waals surface area contributed by atoms with Crippen LogP contribution in [0.3, 0.4) is 0 Å². The third-order valence-corrected chi connectivity index (χ3v) is 2.63. The quantitative estimate of drug-likeness (QED) is 0.701. The summed E-state index contributed by atoms with van der Waals surface area (Å²) in [5.41, 5.74) is -0.118. The molecule has 0 rings (SSSR count). The number of carbonyl (C=O) groups excluding carboxylic acids is 2. The fourth-order valence-corrected chi connectivity index (χ4v) is 1.89. The van der Waals surface area contributed by atoms with E-state index < -0.39 is 0 Å². The van der Waals surface area contributed by atoms with Crippen molar-refractivity contribution in [2.45, 2.75) is 79.2 Å². The van der Waals surface area contributed by atoms with Gasteiger partial charge in [-0.25, -0.2) is 4.79 Å². The maximum Gasteiger partial charge on any atom is 0.315 e. The fraction of sp³-hybridized carbons (Fsp3) is 0.875. The van der Waals surface area contributed by atoms with Gasteiger partial charge in [0.25, 0.3) is 0 Å². The van der Waals surface area contributed by atoms with Crippen molar-refractivity contribution in [3.05, 3.63) is 0 Å². The number of carbonyl (C=O) groups is 2. The molecular formula is C16H32N2O2. The molecule has 0 aromatic heterocycles. The van der Waals surface area contributed by atoms with E-state index in [1.54, 1.807) is 0 Å². The molecule has 2 N–H and O–H groups in total. The van der Waals surface area contributed by atoms with E-state index in [0.717, 1.165) is 19.3 Å². The number of nitrogens with one attached hydrogen (secondary N) is 2. The van der Waals surface area contributed by atoms with Gasteiger partial charge < -0.3 is 10.6 Å². The molecule has 0 atom stereocenters. The molecule has 20 heavy (non-hydrogen) atoms. The normalized spacial score (nSPS) is 12.1. The average Bonchev–Trinajstić information content (AvgIpc) is 2.17. The van der Waals surface area contributed by atoms with Crippen molar-refractivity contribution in [1.82, 2.24) is 10.6 Å². The van der Waals surface area contributed by atoms with Gasteiger partial charge in [0.1, 0.15) is 5.78 Å². The molecule has 0 aliphatic carbocycles. The van der Waals surface area contributed by atoms with Gasteiger partial charge in [-0.2, -0.15) is 0 Å². The Morgan fingerprint density at radius 3 is 2.00 bits per heavy atom. The van der Waals surface area contributed by atoms with Crippen LogP contribution in [0.2, 0.25) is 0 Å². The van der Waals surface area contributed by atoms with Crippen LogP contribution in [0.1, 0.15) is 73.6 Å². The molecule has 0 bridgehead atoms. The molecule has 0 heterocycles. The minimum Gasteiger partial charge on any atom is -0.338 e. The number of Topliss-reactive ketones (excluding diaryl/α,β-unsaturated/α-hetero) is 1. The maximum absolute atomic E-state index is 11.7. The van der Waals surface area contributed by atoms with E-state index in [9.17, 15) is 9.59 Å².